The van der Waals surface area contributed by atoms with Crippen molar-refractivity contribution in [3.05, 3.63) is 35.6 Å². The van der Waals surface area contributed by atoms with Gasteiger partial charge in [0.15, 0.2) is 0 Å². The lowest BCUT2D eigenvalue weighted by atomic mass is 9.76. The van der Waals surface area contributed by atoms with Gasteiger partial charge in [0.2, 0.25) is 0 Å². The normalized spacial score (nSPS) is 36.0. The van der Waals surface area contributed by atoms with Crippen LogP contribution in [0.15, 0.2) is 35.6 Å². The minimum Gasteiger partial charge on any atom is -0.402 e. The first-order chi connectivity index (χ1) is 7.18. The molecule has 0 spiro atoms. The first kappa shape index (κ1) is 10.5. The summed E-state index contributed by atoms with van der Waals surface area (Å²) in [7, 11) is 0. The van der Waals surface area contributed by atoms with Crippen LogP contribution in [0.25, 0.3) is 0 Å². The molecule has 82 valence electrons. The predicted octanol–water partition coefficient (Wildman–Crippen LogP) is 3.40. The van der Waals surface area contributed by atoms with E-state index < -0.39 is 0 Å². The molecule has 0 heterocycles. The Bertz CT molecular complexity index is 322. The molecule has 3 unspecified atom stereocenters. The second-order valence-electron chi connectivity index (χ2n) is 5.05. The number of rotatable bonds is 1. The van der Waals surface area contributed by atoms with E-state index in [1.807, 2.05) is 0 Å². The molecule has 1 nitrogen and oxygen atoms in total. The van der Waals surface area contributed by atoms with Gasteiger partial charge in [-0.25, -0.2) is 0 Å². The summed E-state index contributed by atoms with van der Waals surface area (Å²) in [5.41, 5.74) is 8.70. The predicted molar refractivity (Wildman–Crippen MR) is 65.2 cm³/mol. The van der Waals surface area contributed by atoms with Crippen LogP contribution in [-0.2, 0) is 0 Å². The molecule has 0 saturated carbocycles. The van der Waals surface area contributed by atoms with Gasteiger partial charge >= 0.3 is 0 Å². The van der Waals surface area contributed by atoms with Crippen LogP contribution in [0.5, 0.6) is 0 Å². The Kier molecular flexibility index (Phi) is 2.99. The van der Waals surface area contributed by atoms with Gasteiger partial charge in [-0.1, -0.05) is 38.2 Å². The number of hydrogen-bond acceptors (Lipinski definition) is 1. The standard InChI is InChI=1S/C14H21N/c1-10-7-8-13(14(15)9-10)12-6-4-3-5-11(12)2/h3-4,7-8,10-12H,5-6,9,15H2,1-2H3. The van der Waals surface area contributed by atoms with Crippen molar-refractivity contribution in [1.82, 2.24) is 0 Å². The Morgan fingerprint density at radius 2 is 1.93 bits per heavy atom. The van der Waals surface area contributed by atoms with Crippen LogP contribution in [-0.4, -0.2) is 0 Å². The van der Waals surface area contributed by atoms with Crippen LogP contribution in [0.3, 0.4) is 0 Å². The smallest absolute Gasteiger partial charge is 0.0122 e. The fraction of sp³-hybridized carbons (Fsp3) is 0.571. The van der Waals surface area contributed by atoms with Gasteiger partial charge in [0.05, 0.1) is 0 Å². The molecule has 0 saturated heterocycles. The summed E-state index contributed by atoms with van der Waals surface area (Å²) in [6.45, 7) is 4.56. The average molecular weight is 203 g/mol. The molecule has 2 rings (SSSR count). The maximum Gasteiger partial charge on any atom is 0.0122 e. The van der Waals surface area contributed by atoms with Crippen molar-refractivity contribution in [3.8, 4) is 0 Å². The van der Waals surface area contributed by atoms with Gasteiger partial charge in [-0.05, 0) is 42.6 Å². The first-order valence-electron chi connectivity index (χ1n) is 6.00. The monoisotopic (exact) mass is 203 g/mol. The molecule has 2 N–H and O–H groups in total. The van der Waals surface area contributed by atoms with Crippen molar-refractivity contribution in [3.63, 3.8) is 0 Å². The number of nitrogens with two attached hydrogens (primary N) is 1. The van der Waals surface area contributed by atoms with E-state index in [1.165, 1.54) is 12.0 Å². The zero-order valence-corrected chi connectivity index (χ0v) is 9.74. The van der Waals surface area contributed by atoms with Crippen LogP contribution in [0, 0.1) is 17.8 Å². The van der Waals surface area contributed by atoms with Gasteiger partial charge < -0.3 is 5.73 Å². The van der Waals surface area contributed by atoms with Crippen LogP contribution in [0.4, 0.5) is 0 Å². The lowest BCUT2D eigenvalue weighted by Gasteiger charge is -2.30. The van der Waals surface area contributed by atoms with E-state index in [4.69, 9.17) is 5.73 Å². The van der Waals surface area contributed by atoms with Crippen LogP contribution in [0.2, 0.25) is 0 Å². The third-order valence-corrected chi connectivity index (χ3v) is 3.67. The zero-order chi connectivity index (χ0) is 10.8. The highest BCUT2D eigenvalue weighted by Gasteiger charge is 2.24. The highest BCUT2D eigenvalue weighted by Crippen LogP contribution is 2.35. The van der Waals surface area contributed by atoms with Gasteiger partial charge in [0, 0.05) is 5.70 Å². The Morgan fingerprint density at radius 1 is 1.20 bits per heavy atom. The van der Waals surface area contributed by atoms with Crippen molar-refractivity contribution in [2.75, 3.05) is 0 Å². The van der Waals surface area contributed by atoms with Gasteiger partial charge in [-0.2, -0.15) is 0 Å². The fourth-order valence-electron chi connectivity index (χ4n) is 2.65. The molecular formula is C14H21N. The van der Waals surface area contributed by atoms with E-state index in [0.29, 0.717) is 11.8 Å². The summed E-state index contributed by atoms with van der Waals surface area (Å²) in [5, 5.41) is 0. The summed E-state index contributed by atoms with van der Waals surface area (Å²) in [6.07, 6.45) is 12.6. The molecule has 15 heavy (non-hydrogen) atoms. The molecule has 2 aliphatic rings. The van der Waals surface area contributed by atoms with Gasteiger partial charge in [0.1, 0.15) is 0 Å². The summed E-state index contributed by atoms with van der Waals surface area (Å²) in [5.74, 6) is 2.00. The topological polar surface area (TPSA) is 26.0 Å². The third kappa shape index (κ3) is 2.17. The third-order valence-electron chi connectivity index (χ3n) is 3.67. The van der Waals surface area contributed by atoms with Gasteiger partial charge in [0.25, 0.3) is 0 Å². The minimum absolute atomic E-state index is 0.614. The molecular weight excluding hydrogens is 182 g/mol. The maximum absolute atomic E-state index is 6.17. The second-order valence-corrected chi connectivity index (χ2v) is 5.05. The molecule has 0 aromatic heterocycles. The second kappa shape index (κ2) is 4.26. The molecule has 0 aromatic rings. The first-order valence-corrected chi connectivity index (χ1v) is 6.00. The Hall–Kier alpha value is -0.980. The summed E-state index contributed by atoms with van der Waals surface area (Å²) in [4.78, 5) is 0. The summed E-state index contributed by atoms with van der Waals surface area (Å²) < 4.78 is 0. The summed E-state index contributed by atoms with van der Waals surface area (Å²) in [6, 6.07) is 0. The SMILES string of the molecule is CC1C=CC(C2CC=CCC2C)=C(N)C1. The van der Waals surface area contributed by atoms with E-state index in [2.05, 4.69) is 38.2 Å². The molecule has 0 aromatic carbocycles. The van der Waals surface area contributed by atoms with Crippen molar-refractivity contribution >= 4 is 0 Å². The highest BCUT2D eigenvalue weighted by molar-refractivity contribution is 5.32. The molecule has 0 fully saturated rings. The lowest BCUT2D eigenvalue weighted by molar-refractivity contribution is 0.400. The van der Waals surface area contributed by atoms with Crippen LogP contribution < -0.4 is 5.73 Å². The quantitative estimate of drug-likeness (QED) is 0.649. The Labute approximate surface area is 92.7 Å². The molecule has 0 amide bonds. The van der Waals surface area contributed by atoms with Crippen LogP contribution in [0.1, 0.15) is 33.1 Å². The van der Waals surface area contributed by atoms with E-state index >= 15 is 0 Å². The van der Waals surface area contributed by atoms with E-state index in [1.54, 1.807) is 0 Å². The van der Waals surface area contributed by atoms with E-state index in [0.717, 1.165) is 24.5 Å². The molecule has 1 heteroatoms. The van der Waals surface area contributed by atoms with Crippen molar-refractivity contribution in [2.45, 2.75) is 33.1 Å². The average Bonchev–Trinajstić information content (AvgIpc) is 2.20. The molecule has 0 aliphatic heterocycles. The fourth-order valence-corrected chi connectivity index (χ4v) is 2.65. The molecule has 0 radical (unpaired) electrons. The summed E-state index contributed by atoms with van der Waals surface area (Å²) >= 11 is 0. The lowest BCUT2D eigenvalue weighted by Crippen LogP contribution is -2.21. The largest absolute Gasteiger partial charge is 0.402 e. The van der Waals surface area contributed by atoms with Crippen LogP contribution >= 0.6 is 0 Å². The van der Waals surface area contributed by atoms with E-state index in [-0.39, 0.29) is 0 Å². The molecule has 2 aliphatic carbocycles. The Balaban J connectivity index is 2.20. The minimum atomic E-state index is 0.614. The Morgan fingerprint density at radius 3 is 2.60 bits per heavy atom. The van der Waals surface area contributed by atoms with Crippen molar-refractivity contribution in [2.24, 2.45) is 23.5 Å². The van der Waals surface area contributed by atoms with Crippen molar-refractivity contribution in [1.29, 1.82) is 0 Å². The van der Waals surface area contributed by atoms with Gasteiger partial charge in [-0.3, -0.25) is 0 Å². The van der Waals surface area contributed by atoms with Crippen molar-refractivity contribution < 1.29 is 0 Å². The van der Waals surface area contributed by atoms with E-state index in [9.17, 15) is 0 Å². The molecule has 3 atom stereocenters. The molecule has 0 bridgehead atoms. The van der Waals surface area contributed by atoms with Gasteiger partial charge in [-0.15, -0.1) is 0 Å². The highest BCUT2D eigenvalue weighted by atomic mass is 14.6. The maximum atomic E-state index is 6.17. The zero-order valence-electron chi connectivity index (χ0n) is 9.74. The number of hydrogen-bond donors (Lipinski definition) is 1. The number of allylic oxidation sites excluding steroid dienone is 6.